The van der Waals surface area contributed by atoms with Crippen LogP contribution in [0.5, 0.6) is 23.0 Å². The quantitative estimate of drug-likeness (QED) is 0.152. The zero-order valence-corrected chi connectivity index (χ0v) is 25.2. The number of nitrogens with zero attached hydrogens (tertiary/aromatic N) is 4. The van der Waals surface area contributed by atoms with E-state index in [1.54, 1.807) is 45.6 Å². The number of hydrogen-bond acceptors (Lipinski definition) is 8. The lowest BCUT2D eigenvalue weighted by Gasteiger charge is -2.32. The van der Waals surface area contributed by atoms with E-state index >= 15 is 0 Å². The average molecular weight is 579 g/mol. The van der Waals surface area contributed by atoms with Crippen molar-refractivity contribution in [3.05, 3.63) is 71.0 Å². The van der Waals surface area contributed by atoms with Crippen LogP contribution in [0.15, 0.2) is 54.7 Å². The molecule has 2 heterocycles. The molecule has 0 saturated heterocycles. The third-order valence-electron chi connectivity index (χ3n) is 6.74. The molecule has 0 aliphatic carbocycles. The number of halogens is 1. The van der Waals surface area contributed by atoms with Gasteiger partial charge in [-0.15, -0.1) is 0 Å². The molecule has 0 N–H and O–H groups in total. The first kappa shape index (κ1) is 29.7. The van der Waals surface area contributed by atoms with Gasteiger partial charge in [0.05, 0.1) is 51.5 Å². The molecule has 0 bridgehead atoms. The molecule has 2 aromatic carbocycles. The summed E-state index contributed by atoms with van der Waals surface area (Å²) in [4.78, 5) is 25.0. The maximum Gasteiger partial charge on any atom is 0.214 e. The maximum absolute atomic E-state index is 12.0. The second-order valence-electron chi connectivity index (χ2n) is 10.4. The number of carbonyl (C=O) groups is 1. The lowest BCUT2D eigenvalue weighted by Crippen LogP contribution is -2.40. The third-order valence-corrected chi connectivity index (χ3v) is 6.93. The number of benzene rings is 2. The number of hydrogen-bond donors (Lipinski definition) is 0. The highest BCUT2D eigenvalue weighted by Gasteiger charge is 2.24. The fraction of sp³-hybridized carbons (Fsp3) is 0.323. The molecule has 0 aliphatic rings. The molecule has 216 valence electrons. The van der Waals surface area contributed by atoms with Gasteiger partial charge in [0.25, 0.3) is 0 Å². The van der Waals surface area contributed by atoms with Crippen molar-refractivity contribution in [3.8, 4) is 23.0 Å². The number of ether oxygens (including phenoxy) is 4. The topological polar surface area (TPSA) is 86.3 Å². The van der Waals surface area contributed by atoms with Crippen molar-refractivity contribution >= 4 is 40.4 Å². The Labute approximate surface area is 245 Å². The first-order valence-electron chi connectivity index (χ1n) is 13.0. The summed E-state index contributed by atoms with van der Waals surface area (Å²) >= 11 is 6.59. The standard InChI is InChI=1S/C31H35ClN4O5/c1-31(2,3)36(19-37)22-12-25-30(33-16-22)26(15-29(32)34-25)35(17-20-8-10-23(38-4)13-27(20)40-6)18-21-9-11-24(39-5)14-28(21)41-7/h8-16,19H,17-18H2,1-7H3. The van der Waals surface area contributed by atoms with E-state index < -0.39 is 5.54 Å². The van der Waals surface area contributed by atoms with Crippen LogP contribution < -0.4 is 28.7 Å². The number of rotatable bonds is 11. The fourth-order valence-corrected chi connectivity index (χ4v) is 4.83. The predicted molar refractivity (Wildman–Crippen MR) is 162 cm³/mol. The van der Waals surface area contributed by atoms with Crippen molar-refractivity contribution < 1.29 is 23.7 Å². The Morgan fingerprint density at radius 2 is 1.39 bits per heavy atom. The van der Waals surface area contributed by atoms with E-state index in [-0.39, 0.29) is 0 Å². The van der Waals surface area contributed by atoms with Gasteiger partial charge in [0, 0.05) is 48.0 Å². The normalized spacial score (nSPS) is 11.2. The Bertz CT molecular complexity index is 1480. The van der Waals surface area contributed by atoms with E-state index in [2.05, 4.69) is 9.88 Å². The molecule has 9 nitrogen and oxygen atoms in total. The second-order valence-corrected chi connectivity index (χ2v) is 10.8. The zero-order chi connectivity index (χ0) is 29.7. The van der Waals surface area contributed by atoms with Crippen LogP contribution in [0.3, 0.4) is 0 Å². The Balaban J connectivity index is 1.88. The Morgan fingerprint density at radius 1 is 0.829 bits per heavy atom. The number of aromatic nitrogens is 2. The van der Waals surface area contributed by atoms with Crippen LogP contribution in [0, 0.1) is 0 Å². The van der Waals surface area contributed by atoms with Gasteiger partial charge in [0.1, 0.15) is 33.7 Å². The van der Waals surface area contributed by atoms with Crippen molar-refractivity contribution in [1.29, 1.82) is 0 Å². The number of carbonyl (C=O) groups excluding carboxylic acids is 1. The summed E-state index contributed by atoms with van der Waals surface area (Å²) in [5.41, 5.74) is 4.00. The lowest BCUT2D eigenvalue weighted by atomic mass is 10.1. The molecular formula is C31H35ClN4O5. The van der Waals surface area contributed by atoms with Gasteiger partial charge in [-0.05, 0) is 51.1 Å². The van der Waals surface area contributed by atoms with Crippen molar-refractivity contribution in [2.24, 2.45) is 0 Å². The SMILES string of the molecule is COc1ccc(CN(Cc2ccc(OC)cc2OC)c2cc(Cl)nc3cc(N(C=O)C(C)(C)C)cnc23)c(OC)c1. The molecule has 0 radical (unpaired) electrons. The number of amides is 1. The molecule has 4 rings (SSSR count). The van der Waals surface area contributed by atoms with Gasteiger partial charge >= 0.3 is 0 Å². The van der Waals surface area contributed by atoms with Crippen LogP contribution in [0.4, 0.5) is 11.4 Å². The molecule has 0 unspecified atom stereocenters. The van der Waals surface area contributed by atoms with Gasteiger partial charge < -0.3 is 28.7 Å². The summed E-state index contributed by atoms with van der Waals surface area (Å²) in [5.74, 6) is 2.75. The molecule has 0 spiro atoms. The Hall–Kier alpha value is -4.24. The number of pyridine rings is 2. The van der Waals surface area contributed by atoms with E-state index in [1.165, 1.54) is 0 Å². The summed E-state index contributed by atoms with van der Waals surface area (Å²) in [6, 6.07) is 15.1. The number of fused-ring (bicyclic) bond motifs is 1. The molecule has 4 aromatic rings. The average Bonchev–Trinajstić information content (AvgIpc) is 2.96. The smallest absolute Gasteiger partial charge is 0.214 e. The van der Waals surface area contributed by atoms with E-state index in [0.29, 0.717) is 58.0 Å². The van der Waals surface area contributed by atoms with Gasteiger partial charge in [-0.3, -0.25) is 9.78 Å². The summed E-state index contributed by atoms with van der Waals surface area (Å²) in [7, 11) is 6.50. The van der Waals surface area contributed by atoms with Gasteiger partial charge in [-0.25, -0.2) is 4.98 Å². The van der Waals surface area contributed by atoms with Crippen molar-refractivity contribution in [3.63, 3.8) is 0 Å². The fourth-order valence-electron chi connectivity index (χ4n) is 4.64. The summed E-state index contributed by atoms with van der Waals surface area (Å²) < 4.78 is 22.2. The molecule has 41 heavy (non-hydrogen) atoms. The first-order valence-corrected chi connectivity index (χ1v) is 13.4. The molecule has 1 amide bonds. The van der Waals surface area contributed by atoms with Crippen LogP contribution in [0.2, 0.25) is 5.15 Å². The van der Waals surface area contributed by atoms with Gasteiger partial charge in [0.2, 0.25) is 6.41 Å². The third kappa shape index (κ3) is 6.57. The van der Waals surface area contributed by atoms with E-state index in [0.717, 1.165) is 23.2 Å². The van der Waals surface area contributed by atoms with E-state index in [9.17, 15) is 4.79 Å². The van der Waals surface area contributed by atoms with Crippen molar-refractivity contribution in [2.75, 3.05) is 38.2 Å². The van der Waals surface area contributed by atoms with Gasteiger partial charge in [-0.2, -0.15) is 0 Å². The minimum atomic E-state index is -0.444. The van der Waals surface area contributed by atoms with Gasteiger partial charge in [0.15, 0.2) is 0 Å². The van der Waals surface area contributed by atoms with E-state index in [4.69, 9.17) is 35.5 Å². The summed E-state index contributed by atoms with van der Waals surface area (Å²) in [6.45, 7) is 6.76. The predicted octanol–water partition coefficient (Wildman–Crippen LogP) is 6.29. The zero-order valence-electron chi connectivity index (χ0n) is 24.4. The molecule has 0 aliphatic heterocycles. The van der Waals surface area contributed by atoms with Crippen molar-refractivity contribution in [2.45, 2.75) is 39.4 Å². The van der Waals surface area contributed by atoms with E-state index in [1.807, 2.05) is 63.2 Å². The highest BCUT2D eigenvalue weighted by Crippen LogP contribution is 2.36. The van der Waals surface area contributed by atoms with Gasteiger partial charge in [-0.1, -0.05) is 11.6 Å². The molecular weight excluding hydrogens is 544 g/mol. The lowest BCUT2D eigenvalue weighted by molar-refractivity contribution is -0.108. The van der Waals surface area contributed by atoms with Crippen LogP contribution in [-0.4, -0.2) is 50.4 Å². The monoisotopic (exact) mass is 578 g/mol. The first-order chi connectivity index (χ1) is 19.6. The highest BCUT2D eigenvalue weighted by molar-refractivity contribution is 6.30. The second kappa shape index (κ2) is 12.5. The maximum atomic E-state index is 12.0. The minimum absolute atomic E-state index is 0.299. The molecule has 0 fully saturated rings. The van der Waals surface area contributed by atoms with Crippen LogP contribution in [0.25, 0.3) is 11.0 Å². The van der Waals surface area contributed by atoms with Crippen LogP contribution >= 0.6 is 11.6 Å². The Morgan fingerprint density at radius 3 is 1.85 bits per heavy atom. The Kier molecular flexibility index (Phi) is 9.08. The van der Waals surface area contributed by atoms with Crippen molar-refractivity contribution in [1.82, 2.24) is 9.97 Å². The van der Waals surface area contributed by atoms with Crippen LogP contribution in [0.1, 0.15) is 31.9 Å². The molecule has 2 aromatic heterocycles. The largest absolute Gasteiger partial charge is 0.497 e. The highest BCUT2D eigenvalue weighted by atomic mass is 35.5. The minimum Gasteiger partial charge on any atom is -0.497 e. The summed E-state index contributed by atoms with van der Waals surface area (Å²) in [5, 5.41) is 0.299. The number of anilines is 2. The summed E-state index contributed by atoms with van der Waals surface area (Å²) in [6.07, 6.45) is 2.48. The molecule has 0 atom stereocenters. The number of methoxy groups -OCH3 is 4. The molecule has 10 heteroatoms. The van der Waals surface area contributed by atoms with Crippen LogP contribution in [-0.2, 0) is 17.9 Å². The molecule has 0 saturated carbocycles.